The SMILES string of the molecule is SC([SH2+])=[N+]1CCOCC1.[Bi+3]. The van der Waals surface area contributed by atoms with Crippen LogP contribution >= 0.6 is 12.6 Å². The van der Waals surface area contributed by atoms with Gasteiger partial charge < -0.3 is 4.74 Å². The predicted octanol–water partition coefficient (Wildman–Crippen LogP) is -1.05. The van der Waals surface area contributed by atoms with Crippen molar-refractivity contribution in [2.45, 2.75) is 0 Å². The Hall–Kier alpha value is 1.21. The third-order valence-electron chi connectivity index (χ3n) is 1.31. The summed E-state index contributed by atoms with van der Waals surface area (Å²) in [5.41, 5.74) is 0. The molecule has 54 valence electrons. The van der Waals surface area contributed by atoms with Gasteiger partial charge in [0.1, 0.15) is 13.2 Å². The summed E-state index contributed by atoms with van der Waals surface area (Å²) in [6.07, 6.45) is 0. The number of rotatable bonds is 0. The van der Waals surface area contributed by atoms with Crippen LogP contribution in [0.4, 0.5) is 0 Å². The Bertz CT molecular complexity index is 128. The first-order valence-corrected chi connectivity index (χ1v) is 3.85. The summed E-state index contributed by atoms with van der Waals surface area (Å²) in [5.74, 6) is 0. The number of hydrogen-bond acceptors (Lipinski definition) is 1. The van der Waals surface area contributed by atoms with Crippen LogP contribution in [0.15, 0.2) is 0 Å². The van der Waals surface area contributed by atoms with Crippen LogP contribution in [0.1, 0.15) is 0 Å². The van der Waals surface area contributed by atoms with E-state index in [-0.39, 0.29) is 26.2 Å². The second kappa shape index (κ2) is 5.81. The molecule has 1 fully saturated rings. The summed E-state index contributed by atoms with van der Waals surface area (Å²) in [5, 5.41) is 0. The maximum Gasteiger partial charge on any atom is 3.00 e. The second-order valence-corrected chi connectivity index (χ2v) is 3.24. The molecule has 0 aromatic heterocycles. The van der Waals surface area contributed by atoms with Gasteiger partial charge in [-0.2, -0.15) is 4.58 Å². The van der Waals surface area contributed by atoms with Gasteiger partial charge in [-0.1, -0.05) is 0 Å². The van der Waals surface area contributed by atoms with Crippen molar-refractivity contribution in [2.75, 3.05) is 26.3 Å². The van der Waals surface area contributed by atoms with E-state index in [0.29, 0.717) is 0 Å². The number of morpholine rings is 1. The van der Waals surface area contributed by atoms with E-state index < -0.39 is 0 Å². The Kier molecular flexibility index (Phi) is 6.52. The zero-order valence-corrected chi connectivity index (χ0v) is 10.9. The van der Waals surface area contributed by atoms with Gasteiger partial charge in [-0.05, 0) is 12.6 Å². The fourth-order valence-corrected chi connectivity index (χ4v) is 1.20. The molecule has 1 heterocycles. The van der Waals surface area contributed by atoms with Gasteiger partial charge in [0.05, 0.1) is 12.6 Å². The molecule has 1 rings (SSSR count). The maximum atomic E-state index is 5.14. The molecule has 10 heavy (non-hydrogen) atoms. The van der Waals surface area contributed by atoms with Gasteiger partial charge in [-0.15, -0.1) is 0 Å². The molecule has 2 radical (unpaired) electrons. The van der Waals surface area contributed by atoms with E-state index in [1.807, 2.05) is 0 Å². The van der Waals surface area contributed by atoms with Crippen LogP contribution < -0.4 is 0 Å². The molecule has 0 N–H and O–H groups in total. The fourth-order valence-electron chi connectivity index (χ4n) is 0.775. The van der Waals surface area contributed by atoms with Crippen molar-refractivity contribution in [3.63, 3.8) is 0 Å². The second-order valence-electron chi connectivity index (χ2n) is 1.92. The van der Waals surface area contributed by atoms with Gasteiger partial charge in [-0.25, -0.2) is 0 Å². The third kappa shape index (κ3) is 3.56. The van der Waals surface area contributed by atoms with Crippen molar-refractivity contribution in [1.29, 1.82) is 0 Å². The average Bonchev–Trinajstić information content (AvgIpc) is 1.90. The van der Waals surface area contributed by atoms with E-state index >= 15 is 0 Å². The van der Waals surface area contributed by atoms with Crippen LogP contribution in [0.3, 0.4) is 0 Å². The monoisotopic (exact) mass is 374 g/mol. The van der Waals surface area contributed by atoms with Gasteiger partial charge in [0, 0.05) is 0 Å². The smallest absolute Gasteiger partial charge is 0.368 e. The van der Waals surface area contributed by atoms with Crippen molar-refractivity contribution in [2.24, 2.45) is 0 Å². The molecule has 1 aliphatic heterocycles. The molecule has 2 nitrogen and oxygen atoms in total. The van der Waals surface area contributed by atoms with Gasteiger partial charge in [0.15, 0.2) is 13.1 Å². The van der Waals surface area contributed by atoms with Crippen LogP contribution in [0.5, 0.6) is 0 Å². The molecule has 0 aromatic rings. The third-order valence-corrected chi connectivity index (χ3v) is 1.91. The Balaban J connectivity index is 0.000000810. The minimum Gasteiger partial charge on any atom is -0.368 e. The summed E-state index contributed by atoms with van der Waals surface area (Å²) in [6, 6.07) is 0. The summed E-state index contributed by atoms with van der Waals surface area (Å²) in [7, 11) is 0. The number of thiol groups is 1. The van der Waals surface area contributed by atoms with E-state index in [2.05, 4.69) is 29.8 Å². The zero-order chi connectivity index (χ0) is 6.69. The van der Waals surface area contributed by atoms with Crippen molar-refractivity contribution in [3.8, 4) is 0 Å². The normalized spacial score (nSPS) is 18.0. The summed E-state index contributed by atoms with van der Waals surface area (Å²) in [4.78, 5) is 0. The molecule has 0 spiro atoms. The van der Waals surface area contributed by atoms with Gasteiger partial charge >= 0.3 is 30.6 Å². The number of nitrogens with zero attached hydrogens (tertiary/aromatic N) is 1. The maximum absolute atomic E-state index is 5.14. The molecule has 0 unspecified atom stereocenters. The number of hydrogen-bond donors (Lipinski definition) is 1. The fraction of sp³-hybridized carbons (Fsp3) is 0.800. The quantitative estimate of drug-likeness (QED) is 0.188. The molecular weight excluding hydrogens is 363 g/mol. The van der Waals surface area contributed by atoms with Crippen molar-refractivity contribution in [3.05, 3.63) is 0 Å². The first-order valence-electron chi connectivity index (χ1n) is 2.91. The van der Waals surface area contributed by atoms with E-state index in [9.17, 15) is 0 Å². The minimum absolute atomic E-state index is 0. The van der Waals surface area contributed by atoms with E-state index in [1.54, 1.807) is 0 Å². The molecule has 0 bridgehead atoms. The van der Waals surface area contributed by atoms with Crippen molar-refractivity contribution >= 4 is 55.8 Å². The molecule has 5 heteroatoms. The minimum atomic E-state index is 0. The zero-order valence-electron chi connectivity index (χ0n) is 5.58. The molecule has 0 saturated carbocycles. The molecule has 0 aliphatic carbocycles. The Morgan fingerprint density at radius 2 is 1.90 bits per heavy atom. The van der Waals surface area contributed by atoms with Crippen LogP contribution in [-0.4, -0.2) is 61.5 Å². The molecule has 0 atom stereocenters. The Morgan fingerprint density at radius 3 is 2.20 bits per heavy atom. The van der Waals surface area contributed by atoms with Crippen LogP contribution in [-0.2, 0) is 17.4 Å². The van der Waals surface area contributed by atoms with Gasteiger partial charge in [0.2, 0.25) is 0 Å². The molecular formula is C5H11BiNOS2+5. The molecule has 0 aromatic carbocycles. The largest absolute Gasteiger partial charge is 3.00 e. The number of ether oxygens (including phenoxy) is 1. The van der Waals surface area contributed by atoms with Crippen LogP contribution in [0.2, 0.25) is 0 Å². The van der Waals surface area contributed by atoms with Gasteiger partial charge in [0.25, 0.3) is 0 Å². The summed E-state index contributed by atoms with van der Waals surface area (Å²) in [6.45, 7) is 3.52. The standard InChI is InChI=1S/C5H9NOS2.Bi/c8-5(9)6-1-3-7-4-2-6;/h1-4H2,(H,8,9);/q;+3/p+2. The first kappa shape index (κ1) is 11.2. The predicted molar refractivity (Wildman–Crippen MR) is 50.7 cm³/mol. The molecule has 1 saturated heterocycles. The molecule has 1 aliphatic rings. The topological polar surface area (TPSA) is 12.2 Å². The van der Waals surface area contributed by atoms with Crippen LogP contribution in [0, 0.1) is 0 Å². The van der Waals surface area contributed by atoms with Crippen molar-refractivity contribution < 1.29 is 9.31 Å². The van der Waals surface area contributed by atoms with E-state index in [1.165, 1.54) is 0 Å². The summed E-state index contributed by atoms with van der Waals surface area (Å²) >= 11 is 7.48. The first-order chi connectivity index (χ1) is 4.30. The Morgan fingerprint density at radius 1 is 1.40 bits per heavy atom. The van der Waals surface area contributed by atoms with Crippen LogP contribution in [0.25, 0.3) is 0 Å². The molecule has 0 amide bonds. The van der Waals surface area contributed by atoms with Gasteiger partial charge in [-0.3, -0.25) is 0 Å². The summed E-state index contributed by atoms with van der Waals surface area (Å²) < 4.78 is 8.17. The Labute approximate surface area is 91.0 Å². The van der Waals surface area contributed by atoms with E-state index in [4.69, 9.17) is 4.74 Å². The van der Waals surface area contributed by atoms with E-state index in [0.717, 1.165) is 30.7 Å². The van der Waals surface area contributed by atoms with Crippen molar-refractivity contribution in [1.82, 2.24) is 0 Å². The average molecular weight is 374 g/mol.